The number of nitrogens with zero attached hydrogens (tertiary/aromatic N) is 5. The molecular weight excluding hydrogens is 683 g/mol. The van der Waals surface area contributed by atoms with E-state index < -0.39 is 0 Å². The lowest BCUT2D eigenvalue weighted by Gasteiger charge is -2.34. The summed E-state index contributed by atoms with van der Waals surface area (Å²) in [5.74, 6) is 1.93. The summed E-state index contributed by atoms with van der Waals surface area (Å²) in [5, 5.41) is 2.44. The molecule has 0 radical (unpaired) electrons. The average molecular weight is 717 g/mol. The average Bonchev–Trinajstić information content (AvgIpc) is 3.76. The maximum atomic E-state index is 4.99. The standard InChI is InChI=1S/C51H34N5/c1-5-17-35(18-6-1)49-52-50(36-19-7-2-8-20-36)54-51(53-49)37-29-31-38(32-30-37)55-45-27-15-13-25-41(45)43-33-44-42-26-14-16-28-47(42)56(48(44)34-46(43)55,39-21-9-3-10-22-39)40-23-11-4-12-24-40/h1-34H/q+1. The predicted octanol–water partition coefficient (Wildman–Crippen LogP) is 13.3. The second-order valence-electron chi connectivity index (χ2n) is 14.2. The Labute approximate surface area is 324 Å². The molecule has 1 aliphatic heterocycles. The van der Waals surface area contributed by atoms with Crippen LogP contribution in [0.4, 0.5) is 22.7 Å². The van der Waals surface area contributed by atoms with E-state index in [1.54, 1.807) is 0 Å². The molecule has 262 valence electrons. The first-order chi connectivity index (χ1) is 27.8. The lowest BCUT2D eigenvalue weighted by atomic mass is 10.0. The van der Waals surface area contributed by atoms with Crippen LogP contribution in [0.2, 0.25) is 0 Å². The van der Waals surface area contributed by atoms with Gasteiger partial charge in [-0.2, -0.15) is 4.48 Å². The Morgan fingerprint density at radius 1 is 0.339 bits per heavy atom. The monoisotopic (exact) mass is 716 g/mol. The van der Waals surface area contributed by atoms with Gasteiger partial charge in [-0.1, -0.05) is 127 Å². The maximum absolute atomic E-state index is 4.99. The molecule has 0 saturated carbocycles. The number of hydrogen-bond acceptors (Lipinski definition) is 3. The van der Waals surface area contributed by atoms with E-state index in [4.69, 9.17) is 15.0 Å². The number of aromatic nitrogens is 4. The van der Waals surface area contributed by atoms with Crippen LogP contribution in [0.25, 0.3) is 72.8 Å². The molecule has 1 aliphatic rings. The molecule has 5 nitrogen and oxygen atoms in total. The van der Waals surface area contributed by atoms with Crippen molar-refractivity contribution < 1.29 is 0 Å². The van der Waals surface area contributed by atoms with Crippen LogP contribution in [0.15, 0.2) is 206 Å². The summed E-state index contributed by atoms with van der Waals surface area (Å²) in [6, 6.07) is 73.1. The minimum Gasteiger partial charge on any atom is -0.309 e. The van der Waals surface area contributed by atoms with Crippen molar-refractivity contribution in [3.63, 3.8) is 0 Å². The molecule has 0 atom stereocenters. The van der Waals surface area contributed by atoms with Gasteiger partial charge in [-0.25, -0.2) is 15.0 Å². The molecule has 0 N–H and O–H groups in total. The number of quaternary nitrogens is 1. The first kappa shape index (κ1) is 32.0. The highest BCUT2D eigenvalue weighted by molar-refractivity contribution is 6.15. The van der Waals surface area contributed by atoms with Crippen LogP contribution >= 0.6 is 0 Å². The Bertz CT molecular complexity index is 2950. The van der Waals surface area contributed by atoms with Gasteiger partial charge in [0.2, 0.25) is 0 Å². The van der Waals surface area contributed by atoms with Crippen LogP contribution in [0.3, 0.4) is 0 Å². The topological polar surface area (TPSA) is 43.6 Å². The second-order valence-corrected chi connectivity index (χ2v) is 14.2. The molecule has 10 aromatic rings. The quantitative estimate of drug-likeness (QED) is 0.161. The summed E-state index contributed by atoms with van der Waals surface area (Å²) in [6.45, 7) is 0. The zero-order chi connectivity index (χ0) is 37.1. The molecule has 5 heteroatoms. The predicted molar refractivity (Wildman–Crippen MR) is 230 cm³/mol. The third kappa shape index (κ3) is 4.88. The smallest absolute Gasteiger partial charge is 0.164 e. The van der Waals surface area contributed by atoms with Gasteiger partial charge in [0.25, 0.3) is 0 Å². The van der Waals surface area contributed by atoms with Gasteiger partial charge in [0.15, 0.2) is 28.8 Å². The van der Waals surface area contributed by atoms with Crippen molar-refractivity contribution >= 4 is 44.6 Å². The second kappa shape index (κ2) is 12.8. The first-order valence-corrected chi connectivity index (χ1v) is 18.9. The van der Waals surface area contributed by atoms with E-state index in [1.165, 1.54) is 44.6 Å². The number of fused-ring (bicyclic) bond motifs is 6. The molecule has 0 fully saturated rings. The van der Waals surface area contributed by atoms with Gasteiger partial charge in [-0.05, 0) is 42.5 Å². The fraction of sp³-hybridized carbons (Fsp3) is 0. The minimum atomic E-state index is 0.496. The Balaban J connectivity index is 1.12. The number of para-hydroxylation sites is 4. The van der Waals surface area contributed by atoms with Crippen LogP contribution in [0, 0.1) is 0 Å². The molecule has 3 heterocycles. The highest BCUT2D eigenvalue weighted by Gasteiger charge is 2.48. The van der Waals surface area contributed by atoms with E-state index in [9.17, 15) is 0 Å². The summed E-state index contributed by atoms with van der Waals surface area (Å²) in [4.78, 5) is 14.9. The molecule has 0 aliphatic carbocycles. The van der Waals surface area contributed by atoms with Crippen molar-refractivity contribution in [2.45, 2.75) is 0 Å². The van der Waals surface area contributed by atoms with Crippen molar-refractivity contribution in [3.05, 3.63) is 206 Å². The Morgan fingerprint density at radius 3 is 1.41 bits per heavy atom. The third-order valence-corrected chi connectivity index (χ3v) is 11.1. The molecule has 0 unspecified atom stereocenters. The molecule has 0 amide bonds. The van der Waals surface area contributed by atoms with E-state index in [2.05, 4.69) is 150 Å². The number of hydrogen-bond donors (Lipinski definition) is 0. The fourth-order valence-electron chi connectivity index (χ4n) is 8.61. The number of benzene rings is 8. The molecule has 11 rings (SSSR count). The summed E-state index contributed by atoms with van der Waals surface area (Å²) in [5.41, 5.74) is 13.5. The molecule has 2 aromatic heterocycles. The zero-order valence-corrected chi connectivity index (χ0v) is 30.4. The summed E-state index contributed by atoms with van der Waals surface area (Å²) in [7, 11) is 0. The summed E-state index contributed by atoms with van der Waals surface area (Å²) < 4.78 is 2.90. The number of rotatable bonds is 6. The van der Waals surface area contributed by atoms with Crippen molar-refractivity contribution in [1.82, 2.24) is 24.0 Å². The van der Waals surface area contributed by atoms with Crippen molar-refractivity contribution in [2.75, 3.05) is 0 Å². The van der Waals surface area contributed by atoms with Gasteiger partial charge in [0.1, 0.15) is 11.4 Å². The van der Waals surface area contributed by atoms with Crippen LogP contribution in [-0.2, 0) is 0 Å². The molecule has 56 heavy (non-hydrogen) atoms. The third-order valence-electron chi connectivity index (χ3n) is 11.1. The van der Waals surface area contributed by atoms with Gasteiger partial charge < -0.3 is 4.57 Å². The first-order valence-electron chi connectivity index (χ1n) is 18.9. The molecular formula is C51H34N5+. The van der Waals surface area contributed by atoms with E-state index in [-0.39, 0.29) is 0 Å². The molecule has 0 bridgehead atoms. The summed E-state index contributed by atoms with van der Waals surface area (Å²) >= 11 is 0. The van der Waals surface area contributed by atoms with Gasteiger partial charge in [0, 0.05) is 69.5 Å². The van der Waals surface area contributed by atoms with Crippen molar-refractivity contribution in [1.29, 1.82) is 0 Å². The van der Waals surface area contributed by atoms with Crippen molar-refractivity contribution in [2.24, 2.45) is 0 Å². The Hall–Kier alpha value is -7.47. The van der Waals surface area contributed by atoms with Gasteiger partial charge in [-0.3, -0.25) is 0 Å². The maximum Gasteiger partial charge on any atom is 0.164 e. The Kier molecular flexibility index (Phi) is 7.34. The lowest BCUT2D eigenvalue weighted by Crippen LogP contribution is -2.31. The Morgan fingerprint density at radius 2 is 0.821 bits per heavy atom. The lowest BCUT2D eigenvalue weighted by molar-refractivity contribution is 0.721. The van der Waals surface area contributed by atoms with Crippen LogP contribution < -0.4 is 4.48 Å². The zero-order valence-electron chi connectivity index (χ0n) is 30.4. The largest absolute Gasteiger partial charge is 0.309 e. The van der Waals surface area contributed by atoms with E-state index >= 15 is 0 Å². The van der Waals surface area contributed by atoms with E-state index in [1.807, 2.05) is 60.7 Å². The van der Waals surface area contributed by atoms with Gasteiger partial charge in [0.05, 0.1) is 22.2 Å². The van der Waals surface area contributed by atoms with Crippen molar-refractivity contribution in [3.8, 4) is 51.0 Å². The normalized spacial score (nSPS) is 12.8. The highest BCUT2D eigenvalue weighted by atomic mass is 15.4. The van der Waals surface area contributed by atoms with Crippen LogP contribution in [0.5, 0.6) is 0 Å². The molecule has 0 spiro atoms. The minimum absolute atomic E-state index is 0.496. The summed E-state index contributed by atoms with van der Waals surface area (Å²) in [6.07, 6.45) is 0. The van der Waals surface area contributed by atoms with Crippen LogP contribution in [0.1, 0.15) is 0 Å². The fourth-order valence-corrected chi connectivity index (χ4v) is 8.61. The molecule has 0 saturated heterocycles. The van der Waals surface area contributed by atoms with Crippen LogP contribution in [-0.4, -0.2) is 19.5 Å². The highest BCUT2D eigenvalue weighted by Crippen LogP contribution is 2.63. The van der Waals surface area contributed by atoms with Gasteiger partial charge in [-0.15, -0.1) is 0 Å². The SMILES string of the molecule is c1ccc(-c2nc(-c3ccccc3)nc(-c3ccc(-n4c5ccccc5c5cc6c(cc54)[N+](c4ccccc4)(c4ccccc4)c4ccccc4-6)cc3)n2)cc1. The molecule has 8 aromatic carbocycles. The van der Waals surface area contributed by atoms with E-state index in [0.29, 0.717) is 22.0 Å². The van der Waals surface area contributed by atoms with E-state index in [0.717, 1.165) is 33.4 Å². The van der Waals surface area contributed by atoms with Gasteiger partial charge >= 0.3 is 0 Å².